The van der Waals surface area contributed by atoms with Crippen molar-refractivity contribution in [2.24, 2.45) is 0 Å². The van der Waals surface area contributed by atoms with Gasteiger partial charge in [0.25, 0.3) is 0 Å². The first-order chi connectivity index (χ1) is 19.7. The number of hydrogen-bond donors (Lipinski definition) is 1. The fourth-order valence-electron chi connectivity index (χ4n) is 5.11. The minimum Gasteiger partial charge on any atom is -0.457 e. The first-order valence-corrected chi connectivity index (χ1v) is 13.4. The Labute approximate surface area is 234 Å². The van der Waals surface area contributed by atoms with Crippen LogP contribution in [0.4, 0.5) is 11.4 Å². The number of benzene rings is 5. The number of para-hydroxylation sites is 3. The lowest BCUT2D eigenvalue weighted by Crippen LogP contribution is -2.28. The Morgan fingerprint density at radius 2 is 1.45 bits per heavy atom. The molecule has 3 nitrogen and oxygen atoms in total. The molecule has 0 atom stereocenters. The molecule has 1 N–H and O–H groups in total. The highest BCUT2D eigenvalue weighted by molar-refractivity contribution is 5.85. The van der Waals surface area contributed by atoms with Crippen molar-refractivity contribution in [3.63, 3.8) is 0 Å². The summed E-state index contributed by atoms with van der Waals surface area (Å²) in [5.41, 5.74) is 6.43. The van der Waals surface area contributed by atoms with Crippen molar-refractivity contribution in [3.8, 4) is 17.2 Å². The monoisotopic (exact) mass is 518 g/mol. The summed E-state index contributed by atoms with van der Waals surface area (Å²) in [5.74, 6) is 1.61. The second-order valence-electron chi connectivity index (χ2n) is 9.54. The van der Waals surface area contributed by atoms with Crippen molar-refractivity contribution in [1.82, 2.24) is 4.57 Å². The third-order valence-corrected chi connectivity index (χ3v) is 6.94. The second-order valence-corrected chi connectivity index (χ2v) is 9.54. The topological polar surface area (TPSA) is 26.2 Å². The van der Waals surface area contributed by atoms with E-state index in [0.717, 1.165) is 50.6 Å². The molecule has 0 saturated carbocycles. The van der Waals surface area contributed by atoms with Crippen LogP contribution >= 0.6 is 0 Å². The van der Waals surface area contributed by atoms with Gasteiger partial charge in [0.05, 0.1) is 5.52 Å². The third-order valence-electron chi connectivity index (χ3n) is 6.94. The van der Waals surface area contributed by atoms with Gasteiger partial charge in [0, 0.05) is 39.1 Å². The first-order valence-electron chi connectivity index (χ1n) is 13.4. The van der Waals surface area contributed by atoms with Crippen molar-refractivity contribution in [1.29, 1.82) is 0 Å². The van der Waals surface area contributed by atoms with Crippen molar-refractivity contribution in [3.05, 3.63) is 156 Å². The van der Waals surface area contributed by atoms with E-state index in [1.54, 1.807) is 0 Å². The smallest absolute Gasteiger partial charge is 0.129 e. The molecular weight excluding hydrogens is 488 g/mol. The molecule has 0 aliphatic heterocycles. The Kier molecular flexibility index (Phi) is 7.02. The largest absolute Gasteiger partial charge is 0.457 e. The molecule has 1 aromatic heterocycles. The van der Waals surface area contributed by atoms with Crippen molar-refractivity contribution in [2.75, 3.05) is 5.32 Å². The number of fused-ring (bicyclic) bond motifs is 1. The maximum Gasteiger partial charge on any atom is 0.129 e. The highest BCUT2D eigenvalue weighted by Crippen LogP contribution is 2.26. The van der Waals surface area contributed by atoms with Crippen LogP contribution in [0.5, 0.6) is 11.5 Å². The fraction of sp³-hybridized carbons (Fsp3) is 0.0270. The van der Waals surface area contributed by atoms with E-state index in [4.69, 9.17) is 4.74 Å². The average Bonchev–Trinajstić information content (AvgIpc) is 3.32. The quantitative estimate of drug-likeness (QED) is 0.229. The molecule has 0 fully saturated rings. The van der Waals surface area contributed by atoms with Crippen LogP contribution in [0.3, 0.4) is 0 Å². The van der Waals surface area contributed by atoms with Crippen LogP contribution in [-0.2, 0) is 0 Å². The normalized spacial score (nSPS) is 12.0. The Hall–Kier alpha value is -5.28. The number of anilines is 2. The van der Waals surface area contributed by atoms with Crippen LogP contribution in [0.1, 0.15) is 18.1 Å². The van der Waals surface area contributed by atoms with Gasteiger partial charge in [0.15, 0.2) is 0 Å². The van der Waals surface area contributed by atoms with Gasteiger partial charge in [-0.3, -0.25) is 0 Å². The van der Waals surface area contributed by atoms with Crippen LogP contribution in [-0.4, -0.2) is 4.57 Å². The van der Waals surface area contributed by atoms with E-state index in [0.29, 0.717) is 0 Å². The van der Waals surface area contributed by atoms with Crippen LogP contribution in [0.2, 0.25) is 0 Å². The van der Waals surface area contributed by atoms with E-state index in [1.165, 1.54) is 10.6 Å². The van der Waals surface area contributed by atoms with E-state index in [-0.39, 0.29) is 0 Å². The molecule has 6 rings (SSSR count). The number of ether oxygens (including phenoxy) is 1. The van der Waals surface area contributed by atoms with Gasteiger partial charge in [-0.2, -0.15) is 0 Å². The summed E-state index contributed by atoms with van der Waals surface area (Å²) in [5, 5.41) is 7.00. The van der Waals surface area contributed by atoms with E-state index in [1.807, 2.05) is 66.7 Å². The zero-order valence-electron chi connectivity index (χ0n) is 22.4. The summed E-state index contributed by atoms with van der Waals surface area (Å²) in [6.07, 6.45) is 6.34. The number of rotatable bonds is 7. The average molecular weight is 519 g/mol. The molecule has 5 aromatic carbocycles. The molecule has 0 saturated heterocycles. The van der Waals surface area contributed by atoms with Crippen LogP contribution in [0, 0.1) is 0 Å². The number of nitrogens with zero attached hydrogens (tertiary/aromatic N) is 1. The van der Waals surface area contributed by atoms with Crippen molar-refractivity contribution in [2.45, 2.75) is 6.92 Å². The lowest BCUT2D eigenvalue weighted by atomic mass is 10.1. The second kappa shape index (κ2) is 11.2. The van der Waals surface area contributed by atoms with Crippen LogP contribution in [0.25, 0.3) is 34.8 Å². The molecule has 0 aliphatic rings. The Balaban J connectivity index is 1.46. The Morgan fingerprint density at radius 1 is 0.725 bits per heavy atom. The SMILES string of the molecule is C=Cc1cc(/C=c2\c(=C/C)n(-c3cccc(Oc4ccccc4)c3)c3ccccc23)ccc1Nc1ccccc1. The highest BCUT2D eigenvalue weighted by atomic mass is 16.5. The molecule has 0 aliphatic carbocycles. The van der Waals surface area contributed by atoms with E-state index >= 15 is 0 Å². The number of hydrogen-bond acceptors (Lipinski definition) is 2. The van der Waals surface area contributed by atoms with Gasteiger partial charge >= 0.3 is 0 Å². The van der Waals surface area contributed by atoms with Gasteiger partial charge in [0.1, 0.15) is 11.5 Å². The summed E-state index contributed by atoms with van der Waals surface area (Å²) >= 11 is 0. The first kappa shape index (κ1) is 25.0. The van der Waals surface area contributed by atoms with Crippen molar-refractivity contribution < 1.29 is 4.74 Å². The molecule has 40 heavy (non-hydrogen) atoms. The summed E-state index contributed by atoms with van der Waals surface area (Å²) in [6, 6.07) is 43.3. The summed E-state index contributed by atoms with van der Waals surface area (Å²) in [7, 11) is 0. The van der Waals surface area contributed by atoms with Crippen LogP contribution < -0.4 is 20.6 Å². The molecule has 3 heteroatoms. The summed E-state index contributed by atoms with van der Waals surface area (Å²) < 4.78 is 8.47. The molecule has 0 bridgehead atoms. The van der Waals surface area contributed by atoms with E-state index < -0.39 is 0 Å². The Bertz CT molecular complexity index is 1920. The maximum atomic E-state index is 6.16. The lowest BCUT2D eigenvalue weighted by molar-refractivity contribution is 0.482. The molecule has 194 valence electrons. The predicted molar refractivity (Wildman–Crippen MR) is 169 cm³/mol. The van der Waals surface area contributed by atoms with Gasteiger partial charge in [-0.1, -0.05) is 85.5 Å². The van der Waals surface area contributed by atoms with Crippen molar-refractivity contribution >= 4 is 40.5 Å². The minimum atomic E-state index is 0.797. The third kappa shape index (κ3) is 5.05. The van der Waals surface area contributed by atoms with Gasteiger partial charge in [-0.25, -0.2) is 0 Å². The fourth-order valence-corrected chi connectivity index (χ4v) is 5.11. The van der Waals surface area contributed by atoms with Gasteiger partial charge in [-0.05, 0) is 78.7 Å². The lowest BCUT2D eigenvalue weighted by Gasteiger charge is -2.11. The van der Waals surface area contributed by atoms with Gasteiger partial charge in [0.2, 0.25) is 0 Å². The van der Waals surface area contributed by atoms with E-state index in [9.17, 15) is 0 Å². The van der Waals surface area contributed by atoms with Gasteiger partial charge in [-0.15, -0.1) is 0 Å². The standard InChI is InChI=1S/C37H30N2O/c1-3-28-24-27(22-23-35(28)38-29-14-7-5-8-15-29)25-34-33-20-11-12-21-37(33)39(36(34)4-2)30-16-13-19-32(26-30)40-31-17-9-6-10-18-31/h3-26,38H,1H2,2H3/b34-25-,36-4+. The number of nitrogens with one attached hydrogen (secondary N) is 1. The predicted octanol–water partition coefficient (Wildman–Crippen LogP) is 8.44. The van der Waals surface area contributed by atoms with Gasteiger partial charge < -0.3 is 14.6 Å². The Morgan fingerprint density at radius 3 is 2.23 bits per heavy atom. The maximum absolute atomic E-state index is 6.16. The molecule has 6 aromatic rings. The molecule has 0 radical (unpaired) electrons. The van der Waals surface area contributed by atoms with E-state index in [2.05, 4.69) is 102 Å². The van der Waals surface area contributed by atoms with Crippen LogP contribution in [0.15, 0.2) is 134 Å². The summed E-state index contributed by atoms with van der Waals surface area (Å²) in [4.78, 5) is 0. The minimum absolute atomic E-state index is 0.797. The summed E-state index contributed by atoms with van der Waals surface area (Å²) in [6.45, 7) is 6.16. The molecule has 0 spiro atoms. The highest BCUT2D eigenvalue weighted by Gasteiger charge is 2.11. The molecule has 1 heterocycles. The zero-order valence-corrected chi connectivity index (χ0v) is 22.4. The molecular formula is C37H30N2O. The number of aromatic nitrogens is 1. The molecule has 0 unspecified atom stereocenters. The molecule has 0 amide bonds. The zero-order chi connectivity index (χ0) is 27.3.